The standard InChI is InChI=1S/C16H17Cl2N/c1-3-19(14-7-4-12(2)5-8-14)16-9-6-13(11-17)10-15(16)18/h4-10H,3,11H2,1-2H3. The van der Waals surface area contributed by atoms with Gasteiger partial charge in [-0.3, -0.25) is 0 Å². The second-order valence-corrected chi connectivity index (χ2v) is 5.17. The van der Waals surface area contributed by atoms with Crippen molar-refractivity contribution in [3.8, 4) is 0 Å². The lowest BCUT2D eigenvalue weighted by molar-refractivity contribution is 1.02. The summed E-state index contributed by atoms with van der Waals surface area (Å²) in [4.78, 5) is 2.19. The van der Waals surface area contributed by atoms with E-state index < -0.39 is 0 Å². The second-order valence-electron chi connectivity index (χ2n) is 4.50. The Balaban J connectivity index is 2.39. The normalized spacial score (nSPS) is 10.5. The molecule has 0 aliphatic carbocycles. The molecule has 0 saturated heterocycles. The lowest BCUT2D eigenvalue weighted by Gasteiger charge is -2.24. The highest BCUT2D eigenvalue weighted by molar-refractivity contribution is 6.33. The molecule has 0 aliphatic rings. The van der Waals surface area contributed by atoms with Gasteiger partial charge >= 0.3 is 0 Å². The summed E-state index contributed by atoms with van der Waals surface area (Å²) >= 11 is 12.2. The molecule has 100 valence electrons. The first-order valence-corrected chi connectivity index (χ1v) is 7.25. The summed E-state index contributed by atoms with van der Waals surface area (Å²) in [5.74, 6) is 0.483. The van der Waals surface area contributed by atoms with Crippen molar-refractivity contribution >= 4 is 34.6 Å². The van der Waals surface area contributed by atoms with Crippen LogP contribution in [-0.4, -0.2) is 6.54 Å². The molecule has 0 heterocycles. The van der Waals surface area contributed by atoms with Crippen LogP contribution in [0.2, 0.25) is 5.02 Å². The van der Waals surface area contributed by atoms with Crippen molar-refractivity contribution in [3.05, 3.63) is 58.6 Å². The number of halogens is 2. The molecule has 2 aromatic rings. The molecule has 3 heteroatoms. The van der Waals surface area contributed by atoms with Crippen molar-refractivity contribution in [1.29, 1.82) is 0 Å². The fraction of sp³-hybridized carbons (Fsp3) is 0.250. The zero-order valence-corrected chi connectivity index (χ0v) is 12.7. The van der Waals surface area contributed by atoms with Crippen molar-refractivity contribution in [2.24, 2.45) is 0 Å². The lowest BCUT2D eigenvalue weighted by atomic mass is 10.1. The highest BCUT2D eigenvalue weighted by Gasteiger charge is 2.11. The number of aryl methyl sites for hydroxylation is 1. The molecule has 0 radical (unpaired) electrons. The molecule has 0 saturated carbocycles. The summed E-state index contributed by atoms with van der Waals surface area (Å²) in [6.45, 7) is 5.07. The molecule has 1 nitrogen and oxygen atoms in total. The van der Waals surface area contributed by atoms with Crippen LogP contribution in [0.1, 0.15) is 18.1 Å². The van der Waals surface area contributed by atoms with E-state index in [4.69, 9.17) is 23.2 Å². The van der Waals surface area contributed by atoms with E-state index in [9.17, 15) is 0 Å². The Morgan fingerprint density at radius 2 is 1.74 bits per heavy atom. The van der Waals surface area contributed by atoms with Gasteiger partial charge in [0.05, 0.1) is 10.7 Å². The fourth-order valence-corrected chi connectivity index (χ4v) is 2.54. The Hall–Kier alpha value is -1.18. The van der Waals surface area contributed by atoms with Crippen LogP contribution in [0, 0.1) is 6.92 Å². The number of hydrogen-bond acceptors (Lipinski definition) is 1. The van der Waals surface area contributed by atoms with Crippen LogP contribution in [0.3, 0.4) is 0 Å². The van der Waals surface area contributed by atoms with E-state index in [2.05, 4.69) is 43.0 Å². The zero-order valence-electron chi connectivity index (χ0n) is 11.2. The molecular formula is C16H17Cl2N. The summed E-state index contributed by atoms with van der Waals surface area (Å²) in [5, 5.41) is 0.737. The van der Waals surface area contributed by atoms with Crippen LogP contribution in [0.5, 0.6) is 0 Å². The van der Waals surface area contributed by atoms with Gasteiger partial charge in [-0.15, -0.1) is 11.6 Å². The van der Waals surface area contributed by atoms with Gasteiger partial charge in [0, 0.05) is 18.1 Å². The minimum Gasteiger partial charge on any atom is -0.341 e. The van der Waals surface area contributed by atoms with Crippen LogP contribution in [0.15, 0.2) is 42.5 Å². The molecule has 2 rings (SSSR count). The Morgan fingerprint density at radius 1 is 1.05 bits per heavy atom. The largest absolute Gasteiger partial charge is 0.341 e. The molecule has 0 atom stereocenters. The predicted octanol–water partition coefficient (Wildman–Crippen LogP) is 5.55. The third-order valence-corrected chi connectivity index (χ3v) is 3.73. The van der Waals surface area contributed by atoms with E-state index in [1.807, 2.05) is 18.2 Å². The van der Waals surface area contributed by atoms with E-state index in [0.717, 1.165) is 28.5 Å². The Morgan fingerprint density at radius 3 is 2.26 bits per heavy atom. The minimum absolute atomic E-state index is 0.483. The average Bonchev–Trinajstić information content (AvgIpc) is 2.43. The number of benzene rings is 2. The maximum absolute atomic E-state index is 6.36. The van der Waals surface area contributed by atoms with Gasteiger partial charge in [-0.2, -0.15) is 0 Å². The molecule has 0 N–H and O–H groups in total. The number of alkyl halides is 1. The molecule has 0 aliphatic heterocycles. The van der Waals surface area contributed by atoms with E-state index in [-0.39, 0.29) is 0 Å². The van der Waals surface area contributed by atoms with E-state index in [0.29, 0.717) is 5.88 Å². The molecule has 0 unspecified atom stereocenters. The number of anilines is 2. The number of hydrogen-bond donors (Lipinski definition) is 0. The first kappa shape index (κ1) is 14.2. The Kier molecular flexibility index (Phi) is 4.73. The van der Waals surface area contributed by atoms with Crippen LogP contribution < -0.4 is 4.90 Å². The third kappa shape index (κ3) is 3.23. The van der Waals surface area contributed by atoms with Gasteiger partial charge in [0.15, 0.2) is 0 Å². The SMILES string of the molecule is CCN(c1ccc(C)cc1)c1ccc(CCl)cc1Cl. The van der Waals surface area contributed by atoms with Gasteiger partial charge in [-0.1, -0.05) is 35.4 Å². The van der Waals surface area contributed by atoms with E-state index in [1.165, 1.54) is 5.56 Å². The molecule has 0 fully saturated rings. The molecule has 0 bridgehead atoms. The topological polar surface area (TPSA) is 3.24 Å². The average molecular weight is 294 g/mol. The van der Waals surface area contributed by atoms with Crippen molar-refractivity contribution in [2.75, 3.05) is 11.4 Å². The molecular weight excluding hydrogens is 277 g/mol. The van der Waals surface area contributed by atoms with Crippen molar-refractivity contribution < 1.29 is 0 Å². The van der Waals surface area contributed by atoms with E-state index in [1.54, 1.807) is 0 Å². The highest BCUT2D eigenvalue weighted by Crippen LogP contribution is 2.32. The predicted molar refractivity (Wildman–Crippen MR) is 84.9 cm³/mol. The van der Waals surface area contributed by atoms with Crippen LogP contribution in [0.4, 0.5) is 11.4 Å². The van der Waals surface area contributed by atoms with E-state index >= 15 is 0 Å². The third-order valence-electron chi connectivity index (χ3n) is 3.12. The smallest absolute Gasteiger partial charge is 0.0646 e. The summed E-state index contributed by atoms with van der Waals surface area (Å²) in [5.41, 5.74) is 4.45. The lowest BCUT2D eigenvalue weighted by Crippen LogP contribution is -2.16. The number of nitrogens with zero attached hydrogens (tertiary/aromatic N) is 1. The van der Waals surface area contributed by atoms with Gasteiger partial charge in [0.1, 0.15) is 0 Å². The highest BCUT2D eigenvalue weighted by atomic mass is 35.5. The van der Waals surface area contributed by atoms with Gasteiger partial charge in [0.25, 0.3) is 0 Å². The van der Waals surface area contributed by atoms with Gasteiger partial charge in [-0.05, 0) is 43.7 Å². The first-order valence-electron chi connectivity index (χ1n) is 6.34. The molecule has 0 spiro atoms. The summed E-state index contributed by atoms with van der Waals surface area (Å²) in [6.07, 6.45) is 0. The molecule has 0 aromatic heterocycles. The zero-order chi connectivity index (χ0) is 13.8. The number of rotatable bonds is 4. The monoisotopic (exact) mass is 293 g/mol. The maximum atomic E-state index is 6.36. The van der Waals surface area contributed by atoms with Gasteiger partial charge < -0.3 is 4.90 Å². The molecule has 0 amide bonds. The Labute approximate surface area is 124 Å². The van der Waals surface area contributed by atoms with Crippen molar-refractivity contribution in [2.45, 2.75) is 19.7 Å². The Bertz CT molecular complexity index is 549. The van der Waals surface area contributed by atoms with Gasteiger partial charge in [-0.25, -0.2) is 0 Å². The summed E-state index contributed by atoms with van der Waals surface area (Å²) in [6, 6.07) is 14.4. The van der Waals surface area contributed by atoms with Crippen LogP contribution in [-0.2, 0) is 5.88 Å². The van der Waals surface area contributed by atoms with Crippen LogP contribution >= 0.6 is 23.2 Å². The maximum Gasteiger partial charge on any atom is 0.0646 e. The second kappa shape index (κ2) is 6.31. The van der Waals surface area contributed by atoms with Crippen LogP contribution in [0.25, 0.3) is 0 Å². The molecule has 2 aromatic carbocycles. The molecule has 19 heavy (non-hydrogen) atoms. The summed E-state index contributed by atoms with van der Waals surface area (Å²) in [7, 11) is 0. The van der Waals surface area contributed by atoms with Crippen molar-refractivity contribution in [1.82, 2.24) is 0 Å². The van der Waals surface area contributed by atoms with Crippen molar-refractivity contribution in [3.63, 3.8) is 0 Å². The minimum atomic E-state index is 0.483. The fourth-order valence-electron chi connectivity index (χ4n) is 2.07. The quantitative estimate of drug-likeness (QED) is 0.669. The first-order chi connectivity index (χ1) is 9.15. The van der Waals surface area contributed by atoms with Gasteiger partial charge in [0.2, 0.25) is 0 Å². The summed E-state index contributed by atoms with van der Waals surface area (Å²) < 4.78 is 0.